The number of halogens is 2. The van der Waals surface area contributed by atoms with E-state index in [0.717, 1.165) is 16.9 Å². The van der Waals surface area contributed by atoms with E-state index in [-0.39, 0.29) is 5.69 Å². The van der Waals surface area contributed by atoms with Gasteiger partial charge in [0.25, 0.3) is 0 Å². The predicted molar refractivity (Wildman–Crippen MR) is 101 cm³/mol. The second kappa shape index (κ2) is 6.03. The van der Waals surface area contributed by atoms with Gasteiger partial charge in [0.2, 0.25) is 0 Å². The van der Waals surface area contributed by atoms with Crippen molar-refractivity contribution >= 4 is 47.9 Å². The summed E-state index contributed by atoms with van der Waals surface area (Å²) in [7, 11) is 5.59. The zero-order chi connectivity index (χ0) is 16.6. The monoisotopic (exact) mass is 420 g/mol. The summed E-state index contributed by atoms with van der Waals surface area (Å²) in [6, 6.07) is 11.7. The maximum Gasteiger partial charge on any atom is 0.161 e. The molecule has 23 heavy (non-hydrogen) atoms. The molecule has 0 fully saturated rings. The fourth-order valence-electron chi connectivity index (χ4n) is 2.49. The zero-order valence-corrected chi connectivity index (χ0v) is 14.8. The average molecular weight is 420 g/mol. The quantitative estimate of drug-likeness (QED) is 0.445. The number of rotatable bonds is 4. The number of hydrogen-bond acceptors (Lipinski definition) is 4. The molecule has 0 saturated carbocycles. The Morgan fingerprint density at radius 1 is 1.43 bits per heavy atom. The lowest BCUT2D eigenvalue weighted by Crippen LogP contribution is -2.21. The first-order valence-corrected chi connectivity index (χ1v) is 8.15. The smallest absolute Gasteiger partial charge is 0.161 e. The first-order valence-electron chi connectivity index (χ1n) is 7.07. The van der Waals surface area contributed by atoms with Gasteiger partial charge >= 0.3 is 0 Å². The third-order valence-electron chi connectivity index (χ3n) is 3.66. The van der Waals surface area contributed by atoms with E-state index in [4.69, 9.17) is 7.85 Å². The standard InChI is InChI=1S/C16H15BFIN4/c1-10-20-14-12(23(10)9-11-6-4-3-5-7-11)8-13(16(2,17)18)21-15(14)22-19/h3-8,20H,1,9H2,2H3,(H,21,22). The molecule has 1 atom stereocenters. The number of benzene rings is 1. The maximum absolute atomic E-state index is 14.2. The number of pyridine rings is 1. The molecule has 2 heterocycles. The van der Waals surface area contributed by atoms with E-state index < -0.39 is 5.57 Å². The van der Waals surface area contributed by atoms with Crippen molar-refractivity contribution in [3.05, 3.63) is 60.1 Å². The molecule has 3 rings (SSSR count). The number of fused-ring (bicyclic) bond motifs is 1. The summed E-state index contributed by atoms with van der Waals surface area (Å²) in [5.74, 6) is 1.25. The molecule has 1 aromatic carbocycles. The molecule has 0 aliphatic carbocycles. The minimum Gasteiger partial charge on any atom is -0.337 e. The highest BCUT2D eigenvalue weighted by molar-refractivity contribution is 14.1. The summed E-state index contributed by atoms with van der Waals surface area (Å²) in [5.41, 5.74) is 0.858. The first kappa shape index (κ1) is 16.1. The van der Waals surface area contributed by atoms with E-state index >= 15 is 0 Å². The number of nitrogens with zero attached hydrogens (tertiary/aromatic N) is 2. The van der Waals surface area contributed by atoms with Gasteiger partial charge in [0.1, 0.15) is 24.9 Å². The van der Waals surface area contributed by atoms with Gasteiger partial charge in [-0.2, -0.15) is 0 Å². The SMILES string of the molecule is [B]C(C)(F)c1cc2c(c(NI)n1)NC(=C)N2Cc1ccccc1. The van der Waals surface area contributed by atoms with E-state index in [1.807, 2.05) is 58.1 Å². The average Bonchev–Trinajstić information content (AvgIpc) is 2.83. The summed E-state index contributed by atoms with van der Waals surface area (Å²) in [6.07, 6.45) is 0. The molecule has 4 nitrogen and oxygen atoms in total. The molecule has 0 bridgehead atoms. The summed E-state index contributed by atoms with van der Waals surface area (Å²) < 4.78 is 17.1. The number of anilines is 3. The van der Waals surface area contributed by atoms with E-state index in [1.165, 1.54) is 6.92 Å². The van der Waals surface area contributed by atoms with Gasteiger partial charge in [0.15, 0.2) is 5.82 Å². The zero-order valence-electron chi connectivity index (χ0n) is 12.6. The third-order valence-corrected chi connectivity index (χ3v) is 4.17. The topological polar surface area (TPSA) is 40.2 Å². The van der Waals surface area contributed by atoms with Crippen molar-refractivity contribution in [3.63, 3.8) is 0 Å². The van der Waals surface area contributed by atoms with Crippen LogP contribution in [0.1, 0.15) is 18.2 Å². The van der Waals surface area contributed by atoms with Gasteiger partial charge in [-0.15, -0.1) is 0 Å². The Labute approximate surface area is 150 Å². The number of alkyl halides is 1. The predicted octanol–water partition coefficient (Wildman–Crippen LogP) is 4.06. The van der Waals surface area contributed by atoms with Crippen LogP contribution in [0.3, 0.4) is 0 Å². The van der Waals surface area contributed by atoms with Gasteiger partial charge in [-0.1, -0.05) is 36.9 Å². The molecule has 1 aromatic heterocycles. The second-order valence-electron chi connectivity index (χ2n) is 5.56. The van der Waals surface area contributed by atoms with Crippen molar-refractivity contribution in [2.24, 2.45) is 0 Å². The first-order chi connectivity index (χ1) is 10.9. The molecular weight excluding hydrogens is 405 g/mol. The summed E-state index contributed by atoms with van der Waals surface area (Å²) in [4.78, 5) is 6.25. The van der Waals surface area contributed by atoms with Crippen molar-refractivity contribution in [1.82, 2.24) is 4.98 Å². The number of nitrogens with one attached hydrogen (secondary N) is 2. The lowest BCUT2D eigenvalue weighted by atomic mass is 9.82. The van der Waals surface area contributed by atoms with Crippen molar-refractivity contribution in [2.45, 2.75) is 19.0 Å². The normalized spacial score (nSPS) is 15.8. The van der Waals surface area contributed by atoms with Crippen LogP contribution in [0.15, 0.2) is 48.8 Å². The Bertz CT molecular complexity index is 746. The van der Waals surface area contributed by atoms with E-state index in [0.29, 0.717) is 18.2 Å². The Morgan fingerprint density at radius 2 is 2.13 bits per heavy atom. The molecule has 0 amide bonds. The number of aromatic nitrogens is 1. The minimum atomic E-state index is -2.01. The van der Waals surface area contributed by atoms with Crippen molar-refractivity contribution < 1.29 is 4.39 Å². The molecule has 7 heteroatoms. The lowest BCUT2D eigenvalue weighted by molar-refractivity contribution is 0.305. The molecule has 2 radical (unpaired) electrons. The van der Waals surface area contributed by atoms with Gasteiger partial charge in [0, 0.05) is 6.54 Å². The van der Waals surface area contributed by atoms with Crippen LogP contribution in [0.2, 0.25) is 0 Å². The largest absolute Gasteiger partial charge is 0.337 e. The summed E-state index contributed by atoms with van der Waals surface area (Å²) >= 11 is 1.97. The summed E-state index contributed by atoms with van der Waals surface area (Å²) in [5, 5.41) is 3.20. The molecule has 1 unspecified atom stereocenters. The Kier molecular flexibility index (Phi) is 4.22. The van der Waals surface area contributed by atoms with Gasteiger partial charge in [-0.25, -0.2) is 9.37 Å². The van der Waals surface area contributed by atoms with Crippen LogP contribution in [-0.2, 0) is 12.1 Å². The second-order valence-corrected chi connectivity index (χ2v) is 6.10. The van der Waals surface area contributed by atoms with Crippen molar-refractivity contribution in [1.29, 1.82) is 0 Å². The van der Waals surface area contributed by atoms with Gasteiger partial charge < -0.3 is 13.7 Å². The molecule has 0 saturated heterocycles. The van der Waals surface area contributed by atoms with Crippen LogP contribution in [0.5, 0.6) is 0 Å². The fourth-order valence-corrected chi connectivity index (χ4v) is 2.88. The Morgan fingerprint density at radius 3 is 2.74 bits per heavy atom. The Balaban J connectivity index is 2.05. The lowest BCUT2D eigenvalue weighted by Gasteiger charge is -2.22. The van der Waals surface area contributed by atoms with Crippen LogP contribution in [0.4, 0.5) is 21.6 Å². The van der Waals surface area contributed by atoms with E-state index in [2.05, 4.69) is 20.4 Å². The van der Waals surface area contributed by atoms with Crippen LogP contribution >= 0.6 is 22.9 Å². The minimum absolute atomic E-state index is 0.171. The molecule has 2 aromatic rings. The fraction of sp³-hybridized carbons (Fsp3) is 0.188. The van der Waals surface area contributed by atoms with Crippen molar-refractivity contribution in [2.75, 3.05) is 13.7 Å². The van der Waals surface area contributed by atoms with Crippen LogP contribution < -0.4 is 13.7 Å². The molecular formula is C16H15BFIN4. The van der Waals surface area contributed by atoms with Crippen LogP contribution in [0, 0.1) is 0 Å². The van der Waals surface area contributed by atoms with Gasteiger partial charge in [0.05, 0.1) is 34.2 Å². The molecule has 1 aliphatic rings. The van der Waals surface area contributed by atoms with Crippen molar-refractivity contribution in [3.8, 4) is 0 Å². The maximum atomic E-state index is 14.2. The highest BCUT2D eigenvalue weighted by Gasteiger charge is 2.30. The van der Waals surface area contributed by atoms with Gasteiger partial charge in [-0.3, -0.25) is 0 Å². The molecule has 2 N–H and O–H groups in total. The van der Waals surface area contributed by atoms with Crippen LogP contribution in [0.25, 0.3) is 0 Å². The highest BCUT2D eigenvalue weighted by atomic mass is 127. The molecule has 116 valence electrons. The van der Waals surface area contributed by atoms with Gasteiger partial charge in [-0.05, 0) is 18.6 Å². The van der Waals surface area contributed by atoms with Crippen LogP contribution in [-0.4, -0.2) is 12.8 Å². The van der Waals surface area contributed by atoms with E-state index in [9.17, 15) is 4.39 Å². The number of hydrogen-bond donors (Lipinski definition) is 2. The molecule has 1 aliphatic heterocycles. The molecule has 0 spiro atoms. The third kappa shape index (κ3) is 3.15. The summed E-state index contributed by atoms with van der Waals surface area (Å²) in [6.45, 7) is 5.96. The van der Waals surface area contributed by atoms with E-state index in [1.54, 1.807) is 6.07 Å². The highest BCUT2D eigenvalue weighted by Crippen LogP contribution is 2.43. The Hall–Kier alpha value is -1.77.